The highest BCUT2D eigenvalue weighted by molar-refractivity contribution is 5.29. The molecule has 3 nitrogen and oxygen atoms in total. The van der Waals surface area contributed by atoms with Crippen LogP contribution in [0.2, 0.25) is 0 Å². The van der Waals surface area contributed by atoms with Crippen molar-refractivity contribution in [3.05, 3.63) is 34.9 Å². The molecular formula is C15H24N2O. The maximum atomic E-state index is 5.67. The van der Waals surface area contributed by atoms with E-state index in [4.69, 9.17) is 10.6 Å². The molecular weight excluding hydrogens is 224 g/mol. The second-order valence-corrected chi connectivity index (χ2v) is 5.43. The van der Waals surface area contributed by atoms with Crippen LogP contribution in [-0.4, -0.2) is 18.8 Å². The van der Waals surface area contributed by atoms with Crippen LogP contribution in [0, 0.1) is 13.8 Å². The number of hydrogen-bond donors (Lipinski definition) is 2. The minimum Gasteiger partial charge on any atom is -0.378 e. The third kappa shape index (κ3) is 3.80. The van der Waals surface area contributed by atoms with Crippen molar-refractivity contribution in [3.8, 4) is 0 Å². The summed E-state index contributed by atoms with van der Waals surface area (Å²) >= 11 is 0. The van der Waals surface area contributed by atoms with Gasteiger partial charge >= 0.3 is 0 Å². The quantitative estimate of drug-likeness (QED) is 0.620. The molecule has 0 saturated carbocycles. The average molecular weight is 248 g/mol. The Morgan fingerprint density at radius 2 is 2.06 bits per heavy atom. The zero-order chi connectivity index (χ0) is 13.0. The summed E-state index contributed by atoms with van der Waals surface area (Å²) in [6.45, 7) is 5.19. The van der Waals surface area contributed by atoms with Crippen LogP contribution in [0.15, 0.2) is 18.2 Å². The van der Waals surface area contributed by atoms with E-state index in [-0.39, 0.29) is 0 Å². The van der Waals surface area contributed by atoms with E-state index in [2.05, 4.69) is 37.5 Å². The second-order valence-electron chi connectivity index (χ2n) is 5.43. The van der Waals surface area contributed by atoms with Crippen molar-refractivity contribution in [1.82, 2.24) is 5.43 Å². The van der Waals surface area contributed by atoms with Crippen molar-refractivity contribution < 1.29 is 4.74 Å². The molecule has 3 heteroatoms. The van der Waals surface area contributed by atoms with Gasteiger partial charge in [0.1, 0.15) is 0 Å². The molecule has 1 heterocycles. The molecule has 0 aliphatic carbocycles. The monoisotopic (exact) mass is 248 g/mol. The van der Waals surface area contributed by atoms with Crippen LogP contribution in [0.25, 0.3) is 0 Å². The van der Waals surface area contributed by atoms with Crippen molar-refractivity contribution in [2.75, 3.05) is 6.61 Å². The molecule has 2 rings (SSSR count). The summed E-state index contributed by atoms with van der Waals surface area (Å²) in [5.41, 5.74) is 6.93. The zero-order valence-electron chi connectivity index (χ0n) is 11.4. The number of aryl methyl sites for hydroxylation is 2. The van der Waals surface area contributed by atoms with E-state index in [0.717, 1.165) is 19.4 Å². The van der Waals surface area contributed by atoms with Gasteiger partial charge in [0.2, 0.25) is 0 Å². The first-order valence-electron chi connectivity index (χ1n) is 6.82. The Hall–Kier alpha value is -0.900. The maximum Gasteiger partial charge on any atom is 0.0591 e. The van der Waals surface area contributed by atoms with E-state index in [1.807, 2.05) is 0 Å². The molecule has 2 unspecified atom stereocenters. The third-order valence-electron chi connectivity index (χ3n) is 3.57. The molecule has 3 N–H and O–H groups in total. The van der Waals surface area contributed by atoms with Gasteiger partial charge in [-0.25, -0.2) is 0 Å². The van der Waals surface area contributed by atoms with Crippen LogP contribution < -0.4 is 11.3 Å². The number of benzene rings is 1. The van der Waals surface area contributed by atoms with Crippen molar-refractivity contribution in [2.24, 2.45) is 5.84 Å². The SMILES string of the molecule is Cc1cc(C)cc(CC(CC2CCCO2)NN)c1. The minimum absolute atomic E-state index is 0.300. The second kappa shape index (κ2) is 6.32. The molecule has 0 spiro atoms. The van der Waals surface area contributed by atoms with E-state index in [1.165, 1.54) is 29.5 Å². The van der Waals surface area contributed by atoms with Crippen molar-refractivity contribution in [3.63, 3.8) is 0 Å². The highest BCUT2D eigenvalue weighted by atomic mass is 16.5. The van der Waals surface area contributed by atoms with Crippen molar-refractivity contribution in [2.45, 2.75) is 51.7 Å². The number of rotatable bonds is 5. The first kappa shape index (κ1) is 13.5. The Kier molecular flexibility index (Phi) is 4.75. The Morgan fingerprint density at radius 3 is 2.61 bits per heavy atom. The summed E-state index contributed by atoms with van der Waals surface area (Å²) in [7, 11) is 0. The first-order valence-corrected chi connectivity index (χ1v) is 6.82. The molecule has 2 atom stereocenters. The molecule has 0 bridgehead atoms. The predicted molar refractivity (Wildman–Crippen MR) is 74.3 cm³/mol. The molecule has 1 aliphatic rings. The van der Waals surface area contributed by atoms with Crippen LogP contribution in [0.1, 0.15) is 36.0 Å². The van der Waals surface area contributed by atoms with E-state index in [9.17, 15) is 0 Å². The van der Waals surface area contributed by atoms with Crippen molar-refractivity contribution >= 4 is 0 Å². The zero-order valence-corrected chi connectivity index (χ0v) is 11.4. The average Bonchev–Trinajstić information content (AvgIpc) is 2.79. The van der Waals surface area contributed by atoms with Crippen LogP contribution >= 0.6 is 0 Å². The summed E-state index contributed by atoms with van der Waals surface area (Å²) in [6.07, 6.45) is 4.72. The van der Waals surface area contributed by atoms with Gasteiger partial charge in [-0.15, -0.1) is 0 Å². The first-order chi connectivity index (χ1) is 8.67. The van der Waals surface area contributed by atoms with Crippen LogP contribution in [0.3, 0.4) is 0 Å². The van der Waals surface area contributed by atoms with Gasteiger partial charge in [0.15, 0.2) is 0 Å². The normalized spacial score (nSPS) is 21.2. The van der Waals surface area contributed by atoms with E-state index >= 15 is 0 Å². The topological polar surface area (TPSA) is 47.3 Å². The van der Waals surface area contributed by atoms with Crippen molar-refractivity contribution in [1.29, 1.82) is 0 Å². The van der Waals surface area contributed by atoms with E-state index < -0.39 is 0 Å². The molecule has 1 aliphatic heterocycles. The van der Waals surface area contributed by atoms with Crippen LogP contribution in [-0.2, 0) is 11.2 Å². The highest BCUT2D eigenvalue weighted by Gasteiger charge is 2.20. The number of nitrogens with one attached hydrogen (secondary N) is 1. The van der Waals surface area contributed by atoms with Gasteiger partial charge in [-0.1, -0.05) is 29.3 Å². The summed E-state index contributed by atoms with van der Waals surface area (Å²) < 4.78 is 5.67. The Labute approximate surface area is 110 Å². The summed E-state index contributed by atoms with van der Waals surface area (Å²) in [6, 6.07) is 6.99. The third-order valence-corrected chi connectivity index (χ3v) is 3.57. The Morgan fingerprint density at radius 1 is 1.33 bits per heavy atom. The largest absolute Gasteiger partial charge is 0.378 e. The number of ether oxygens (including phenoxy) is 1. The Bertz CT molecular complexity index is 366. The highest BCUT2D eigenvalue weighted by Crippen LogP contribution is 2.19. The molecule has 18 heavy (non-hydrogen) atoms. The summed E-state index contributed by atoms with van der Waals surface area (Å²) in [5.74, 6) is 5.67. The lowest BCUT2D eigenvalue weighted by Gasteiger charge is -2.20. The molecule has 0 aromatic heterocycles. The lowest BCUT2D eigenvalue weighted by molar-refractivity contribution is 0.0946. The number of hydrogen-bond acceptors (Lipinski definition) is 3. The van der Waals surface area contributed by atoms with Gasteiger partial charge in [-0.2, -0.15) is 0 Å². The maximum absolute atomic E-state index is 5.67. The van der Waals surface area contributed by atoms with Gasteiger partial charge in [0, 0.05) is 12.6 Å². The van der Waals surface area contributed by atoms with Crippen LogP contribution in [0.5, 0.6) is 0 Å². The molecule has 0 amide bonds. The fraction of sp³-hybridized carbons (Fsp3) is 0.600. The lowest BCUT2D eigenvalue weighted by atomic mass is 9.97. The minimum atomic E-state index is 0.300. The standard InChI is InChI=1S/C15H24N2O/c1-11-6-12(2)8-13(7-11)9-14(17-16)10-15-4-3-5-18-15/h6-8,14-15,17H,3-5,9-10,16H2,1-2H3. The van der Waals surface area contributed by atoms with Gasteiger partial charge in [0.05, 0.1) is 6.10 Å². The molecule has 0 radical (unpaired) electrons. The van der Waals surface area contributed by atoms with Gasteiger partial charge in [-0.05, 0) is 45.1 Å². The number of nitrogens with two attached hydrogens (primary N) is 1. The molecule has 1 aromatic rings. The smallest absolute Gasteiger partial charge is 0.0591 e. The fourth-order valence-corrected chi connectivity index (χ4v) is 2.83. The predicted octanol–water partition coefficient (Wildman–Crippen LogP) is 2.25. The van der Waals surface area contributed by atoms with Gasteiger partial charge in [-0.3, -0.25) is 11.3 Å². The van der Waals surface area contributed by atoms with Crippen LogP contribution in [0.4, 0.5) is 0 Å². The van der Waals surface area contributed by atoms with Gasteiger partial charge in [0.25, 0.3) is 0 Å². The summed E-state index contributed by atoms with van der Waals surface area (Å²) in [5, 5.41) is 0. The van der Waals surface area contributed by atoms with E-state index in [0.29, 0.717) is 12.1 Å². The molecule has 1 saturated heterocycles. The molecule has 1 fully saturated rings. The molecule has 100 valence electrons. The summed E-state index contributed by atoms with van der Waals surface area (Å²) in [4.78, 5) is 0. The number of hydrazine groups is 1. The van der Waals surface area contributed by atoms with E-state index in [1.54, 1.807) is 0 Å². The van der Waals surface area contributed by atoms with Gasteiger partial charge < -0.3 is 4.74 Å². The molecule has 1 aromatic carbocycles. The lowest BCUT2D eigenvalue weighted by Crippen LogP contribution is -2.39. The fourth-order valence-electron chi connectivity index (χ4n) is 2.83. The Balaban J connectivity index is 1.95.